The fraction of sp³-hybridized carbons (Fsp3) is 0.0588. The van der Waals surface area contributed by atoms with Crippen LogP contribution in [0.3, 0.4) is 0 Å². The Bertz CT molecular complexity index is 1040. The molecule has 0 bridgehead atoms. The topological polar surface area (TPSA) is 77.8 Å². The lowest BCUT2D eigenvalue weighted by Crippen LogP contribution is -1.84. The van der Waals surface area contributed by atoms with Crippen molar-refractivity contribution >= 4 is 23.4 Å². The summed E-state index contributed by atoms with van der Waals surface area (Å²) < 4.78 is 23.7. The molecule has 0 atom stereocenters. The van der Waals surface area contributed by atoms with Crippen LogP contribution in [0.1, 0.15) is 5.89 Å². The zero-order valence-electron chi connectivity index (χ0n) is 13.1. The van der Waals surface area contributed by atoms with Gasteiger partial charge in [0.1, 0.15) is 5.82 Å². The summed E-state index contributed by atoms with van der Waals surface area (Å²) in [4.78, 5) is 4.32. The van der Waals surface area contributed by atoms with Gasteiger partial charge in [-0.05, 0) is 36.4 Å². The van der Waals surface area contributed by atoms with E-state index in [0.717, 1.165) is 0 Å². The molecule has 0 aliphatic heterocycles. The molecule has 26 heavy (non-hydrogen) atoms. The van der Waals surface area contributed by atoms with Crippen LogP contribution in [0.5, 0.6) is 0 Å². The number of hydrogen-bond donors (Lipinski definition) is 0. The van der Waals surface area contributed by atoms with Crippen molar-refractivity contribution in [3.63, 3.8) is 0 Å². The van der Waals surface area contributed by atoms with Crippen molar-refractivity contribution in [3.05, 3.63) is 65.3 Å². The third kappa shape index (κ3) is 3.61. The van der Waals surface area contributed by atoms with Crippen molar-refractivity contribution in [1.29, 1.82) is 0 Å². The third-order valence-electron chi connectivity index (χ3n) is 3.40. The Balaban J connectivity index is 1.44. The maximum Gasteiger partial charge on any atom is 0.277 e. The average molecular weight is 389 g/mol. The van der Waals surface area contributed by atoms with Crippen molar-refractivity contribution in [2.75, 3.05) is 0 Å². The molecule has 6 nitrogen and oxygen atoms in total. The minimum absolute atomic E-state index is 0.315. The van der Waals surface area contributed by atoms with Crippen molar-refractivity contribution in [2.24, 2.45) is 0 Å². The van der Waals surface area contributed by atoms with E-state index in [0.29, 0.717) is 44.7 Å². The molecule has 0 radical (unpaired) electrons. The van der Waals surface area contributed by atoms with Gasteiger partial charge in [-0.25, -0.2) is 4.39 Å². The number of hydrogen-bond acceptors (Lipinski definition) is 7. The van der Waals surface area contributed by atoms with Crippen molar-refractivity contribution < 1.29 is 13.3 Å². The summed E-state index contributed by atoms with van der Waals surface area (Å²) in [5, 5.41) is 12.7. The molecule has 0 N–H and O–H groups in total. The molecule has 2 aromatic heterocycles. The summed E-state index contributed by atoms with van der Waals surface area (Å²) in [7, 11) is 0. The summed E-state index contributed by atoms with van der Waals surface area (Å²) in [5.74, 6) is 1.18. The van der Waals surface area contributed by atoms with Crippen LogP contribution in [0.4, 0.5) is 4.39 Å². The lowest BCUT2D eigenvalue weighted by molar-refractivity contribution is 0.391. The fourth-order valence-electron chi connectivity index (χ4n) is 2.17. The van der Waals surface area contributed by atoms with Crippen LogP contribution in [-0.4, -0.2) is 20.3 Å². The first-order valence-corrected chi connectivity index (χ1v) is 8.85. The summed E-state index contributed by atoms with van der Waals surface area (Å²) in [6.07, 6.45) is 0. The first kappa shape index (κ1) is 16.7. The molecule has 0 unspecified atom stereocenters. The number of halogens is 2. The summed E-state index contributed by atoms with van der Waals surface area (Å²) in [5.41, 5.74) is 1.34. The van der Waals surface area contributed by atoms with Gasteiger partial charge in [-0.15, -0.1) is 10.2 Å². The quantitative estimate of drug-likeness (QED) is 0.451. The fourth-order valence-corrected chi connectivity index (χ4v) is 2.99. The Kier molecular flexibility index (Phi) is 4.68. The SMILES string of the molecule is Fc1ccc(-c2nnc(SCc3nc(-c4ccccc4Cl)no3)o2)cc1. The van der Waals surface area contributed by atoms with E-state index in [1.165, 1.54) is 23.9 Å². The standard InChI is InChI=1S/C17H10ClFN4O2S/c18-13-4-2-1-3-12(13)15-20-14(25-23-15)9-26-17-22-21-16(24-17)10-5-7-11(19)8-6-10/h1-8H,9H2. The minimum Gasteiger partial charge on any atom is -0.411 e. The van der Waals surface area contributed by atoms with Gasteiger partial charge >= 0.3 is 0 Å². The molecule has 2 aromatic carbocycles. The molecular formula is C17H10ClFN4O2S. The molecule has 4 aromatic rings. The van der Waals surface area contributed by atoms with Crippen LogP contribution in [-0.2, 0) is 5.75 Å². The van der Waals surface area contributed by atoms with Gasteiger partial charge < -0.3 is 8.94 Å². The molecular weight excluding hydrogens is 379 g/mol. The highest BCUT2D eigenvalue weighted by Gasteiger charge is 2.14. The zero-order valence-corrected chi connectivity index (χ0v) is 14.7. The Labute approximate surface area is 156 Å². The minimum atomic E-state index is -0.325. The molecule has 0 aliphatic rings. The van der Waals surface area contributed by atoms with Gasteiger partial charge in [-0.1, -0.05) is 40.7 Å². The normalized spacial score (nSPS) is 11.0. The van der Waals surface area contributed by atoms with Crippen LogP contribution >= 0.6 is 23.4 Å². The highest BCUT2D eigenvalue weighted by atomic mass is 35.5. The maximum atomic E-state index is 13.0. The molecule has 0 spiro atoms. The Morgan fingerprint density at radius 1 is 1.04 bits per heavy atom. The molecule has 130 valence electrons. The lowest BCUT2D eigenvalue weighted by Gasteiger charge is -1.96. The molecule has 0 amide bonds. The molecule has 2 heterocycles. The lowest BCUT2D eigenvalue weighted by atomic mass is 10.2. The van der Waals surface area contributed by atoms with Gasteiger partial charge in [-0.3, -0.25) is 0 Å². The van der Waals surface area contributed by atoms with Crippen LogP contribution in [0.25, 0.3) is 22.8 Å². The van der Waals surface area contributed by atoms with Gasteiger partial charge in [0.25, 0.3) is 5.22 Å². The highest BCUT2D eigenvalue weighted by molar-refractivity contribution is 7.98. The monoisotopic (exact) mass is 388 g/mol. The van der Waals surface area contributed by atoms with E-state index in [4.69, 9.17) is 20.5 Å². The number of thioether (sulfide) groups is 1. The molecule has 0 saturated heterocycles. The van der Waals surface area contributed by atoms with E-state index in [9.17, 15) is 4.39 Å². The first-order valence-electron chi connectivity index (χ1n) is 7.49. The Morgan fingerprint density at radius 2 is 1.85 bits per heavy atom. The second kappa shape index (κ2) is 7.27. The maximum absolute atomic E-state index is 13.0. The van der Waals surface area contributed by atoms with E-state index < -0.39 is 0 Å². The molecule has 0 saturated carbocycles. The van der Waals surface area contributed by atoms with Gasteiger partial charge in [-0.2, -0.15) is 4.98 Å². The van der Waals surface area contributed by atoms with Crippen molar-refractivity contribution in [3.8, 4) is 22.8 Å². The summed E-state index contributed by atoms with van der Waals surface area (Å²) >= 11 is 7.39. The van der Waals surface area contributed by atoms with Crippen molar-refractivity contribution in [1.82, 2.24) is 20.3 Å². The van der Waals surface area contributed by atoms with E-state index in [1.54, 1.807) is 18.2 Å². The third-order valence-corrected chi connectivity index (χ3v) is 4.53. The number of nitrogens with zero attached hydrogens (tertiary/aromatic N) is 4. The molecule has 0 fully saturated rings. The predicted octanol–water partition coefficient (Wildman–Crippen LogP) is 4.87. The van der Waals surface area contributed by atoms with Gasteiger partial charge in [0.2, 0.25) is 17.6 Å². The molecule has 0 aliphatic carbocycles. The number of benzene rings is 2. The second-order valence-corrected chi connectivity index (χ2v) is 6.49. The second-order valence-electron chi connectivity index (χ2n) is 5.16. The van der Waals surface area contributed by atoms with Gasteiger partial charge in [0.05, 0.1) is 10.8 Å². The van der Waals surface area contributed by atoms with E-state index >= 15 is 0 Å². The number of rotatable bonds is 5. The Hall–Kier alpha value is -2.71. The molecule has 4 rings (SSSR count). The predicted molar refractivity (Wildman–Crippen MR) is 94.0 cm³/mol. The average Bonchev–Trinajstić information content (AvgIpc) is 3.30. The number of aromatic nitrogens is 4. The van der Waals surface area contributed by atoms with Gasteiger partial charge in [0.15, 0.2) is 0 Å². The van der Waals surface area contributed by atoms with E-state index in [1.807, 2.05) is 18.2 Å². The van der Waals surface area contributed by atoms with Crippen LogP contribution in [0.2, 0.25) is 5.02 Å². The highest BCUT2D eigenvalue weighted by Crippen LogP contribution is 2.28. The van der Waals surface area contributed by atoms with Crippen LogP contribution in [0, 0.1) is 5.82 Å². The van der Waals surface area contributed by atoms with E-state index in [2.05, 4.69) is 20.3 Å². The van der Waals surface area contributed by atoms with Gasteiger partial charge in [0, 0.05) is 11.1 Å². The van der Waals surface area contributed by atoms with Crippen LogP contribution < -0.4 is 0 Å². The smallest absolute Gasteiger partial charge is 0.277 e. The Morgan fingerprint density at radius 3 is 2.65 bits per heavy atom. The van der Waals surface area contributed by atoms with Crippen molar-refractivity contribution in [2.45, 2.75) is 11.0 Å². The van der Waals surface area contributed by atoms with E-state index in [-0.39, 0.29) is 5.82 Å². The van der Waals surface area contributed by atoms with Crippen LogP contribution in [0.15, 0.2) is 62.7 Å². The first-order chi connectivity index (χ1) is 12.7. The largest absolute Gasteiger partial charge is 0.411 e. The summed E-state index contributed by atoms with van der Waals surface area (Å²) in [6, 6.07) is 13.1. The zero-order chi connectivity index (χ0) is 17.9. The molecule has 9 heteroatoms. The summed E-state index contributed by atoms with van der Waals surface area (Å²) in [6.45, 7) is 0.